The van der Waals surface area contributed by atoms with E-state index in [-0.39, 0.29) is 24.4 Å². The monoisotopic (exact) mass is 312 g/mol. The first-order valence-electron chi connectivity index (χ1n) is 6.83. The Labute approximate surface area is 129 Å². The number of nitrogens with one attached hydrogen (secondary N) is 2. The Balaban J connectivity index is 2.54. The summed E-state index contributed by atoms with van der Waals surface area (Å²) in [6.07, 6.45) is 0. The molecule has 0 fully saturated rings. The number of aliphatic carboxylic acids is 1. The van der Waals surface area contributed by atoms with Gasteiger partial charge >= 0.3 is 5.97 Å². The zero-order chi connectivity index (χ0) is 16.0. The fourth-order valence-electron chi connectivity index (χ4n) is 2.01. The fraction of sp³-hybridized carbons (Fsp3) is 0.467. The van der Waals surface area contributed by atoms with Crippen LogP contribution in [0.25, 0.3) is 0 Å². The van der Waals surface area contributed by atoms with Crippen molar-refractivity contribution in [2.75, 3.05) is 6.54 Å². The van der Waals surface area contributed by atoms with Gasteiger partial charge in [-0.25, -0.2) is 0 Å². The number of halogens is 1. The second kappa shape index (κ2) is 8.00. The number of hydrogen-bond donors (Lipinski definition) is 3. The van der Waals surface area contributed by atoms with Crippen LogP contribution in [0.1, 0.15) is 32.4 Å². The highest BCUT2D eigenvalue weighted by molar-refractivity contribution is 6.31. The van der Waals surface area contributed by atoms with Crippen LogP contribution >= 0.6 is 11.6 Å². The smallest absolute Gasteiger partial charge is 0.320 e. The summed E-state index contributed by atoms with van der Waals surface area (Å²) in [7, 11) is 0. The van der Waals surface area contributed by atoms with Crippen molar-refractivity contribution in [2.45, 2.75) is 32.9 Å². The molecule has 0 aliphatic heterocycles. The third-order valence-corrected chi connectivity index (χ3v) is 3.51. The van der Waals surface area contributed by atoms with Gasteiger partial charge < -0.3 is 10.4 Å². The number of amides is 1. The third-order valence-electron chi connectivity index (χ3n) is 3.16. The minimum absolute atomic E-state index is 0.0516. The van der Waals surface area contributed by atoms with Crippen LogP contribution < -0.4 is 10.6 Å². The Bertz CT molecular complexity index is 505. The highest BCUT2D eigenvalue weighted by Crippen LogP contribution is 2.21. The highest BCUT2D eigenvalue weighted by atomic mass is 35.5. The third kappa shape index (κ3) is 5.36. The molecule has 6 heteroatoms. The zero-order valence-electron chi connectivity index (χ0n) is 12.4. The molecule has 5 nitrogen and oxygen atoms in total. The van der Waals surface area contributed by atoms with E-state index < -0.39 is 12.0 Å². The lowest BCUT2D eigenvalue weighted by Crippen LogP contribution is -2.46. The summed E-state index contributed by atoms with van der Waals surface area (Å²) in [5, 5.41) is 15.2. The predicted molar refractivity (Wildman–Crippen MR) is 82.3 cm³/mol. The number of hydrogen-bond acceptors (Lipinski definition) is 3. The SMILES string of the molecule is CC(NC(=O)CNC(C(=O)O)C(C)C)c1ccccc1Cl. The molecule has 0 aliphatic carbocycles. The van der Waals surface area contributed by atoms with Gasteiger partial charge in [-0.3, -0.25) is 14.9 Å². The van der Waals surface area contributed by atoms with Crippen LogP contribution in [0.4, 0.5) is 0 Å². The van der Waals surface area contributed by atoms with Gasteiger partial charge in [0, 0.05) is 5.02 Å². The van der Waals surface area contributed by atoms with Crippen LogP contribution in [0.15, 0.2) is 24.3 Å². The first-order chi connectivity index (χ1) is 9.82. The molecule has 0 radical (unpaired) electrons. The Morgan fingerprint density at radius 1 is 1.24 bits per heavy atom. The van der Waals surface area contributed by atoms with Crippen LogP contribution in [-0.4, -0.2) is 29.6 Å². The Morgan fingerprint density at radius 3 is 2.38 bits per heavy atom. The van der Waals surface area contributed by atoms with Crippen molar-refractivity contribution in [1.29, 1.82) is 0 Å². The van der Waals surface area contributed by atoms with Crippen LogP contribution in [0.3, 0.4) is 0 Å². The van der Waals surface area contributed by atoms with Crippen LogP contribution in [0, 0.1) is 5.92 Å². The van der Waals surface area contributed by atoms with Crippen LogP contribution in [-0.2, 0) is 9.59 Å². The number of rotatable bonds is 7. The second-order valence-corrected chi connectivity index (χ2v) is 5.66. The fourth-order valence-corrected chi connectivity index (χ4v) is 2.31. The van der Waals surface area contributed by atoms with Gasteiger partial charge in [-0.05, 0) is 24.5 Å². The summed E-state index contributed by atoms with van der Waals surface area (Å²) < 4.78 is 0. The maximum absolute atomic E-state index is 11.9. The van der Waals surface area contributed by atoms with Gasteiger partial charge in [0.2, 0.25) is 5.91 Å². The van der Waals surface area contributed by atoms with E-state index in [4.69, 9.17) is 16.7 Å². The molecule has 0 aliphatic rings. The molecule has 1 amide bonds. The number of benzene rings is 1. The second-order valence-electron chi connectivity index (χ2n) is 5.25. The molecule has 0 heterocycles. The van der Waals surface area contributed by atoms with Gasteiger partial charge in [0.05, 0.1) is 12.6 Å². The molecule has 0 saturated heterocycles. The van der Waals surface area contributed by atoms with E-state index in [1.54, 1.807) is 19.9 Å². The largest absolute Gasteiger partial charge is 0.480 e. The standard InChI is InChI=1S/C15H21ClN2O3/c1-9(2)14(15(20)21)17-8-13(19)18-10(3)11-6-4-5-7-12(11)16/h4-7,9-10,14,17H,8H2,1-3H3,(H,18,19)(H,20,21). The van der Waals surface area contributed by atoms with E-state index in [1.807, 2.05) is 25.1 Å². The van der Waals surface area contributed by atoms with Crippen molar-refractivity contribution in [3.8, 4) is 0 Å². The van der Waals surface area contributed by atoms with Crippen LogP contribution in [0.5, 0.6) is 0 Å². The molecule has 3 N–H and O–H groups in total. The van der Waals surface area contributed by atoms with Gasteiger partial charge in [-0.15, -0.1) is 0 Å². The molecule has 1 aromatic rings. The van der Waals surface area contributed by atoms with Gasteiger partial charge in [0.15, 0.2) is 0 Å². The molecule has 0 aromatic heterocycles. The van der Waals surface area contributed by atoms with Crippen molar-refractivity contribution >= 4 is 23.5 Å². The van der Waals surface area contributed by atoms with Gasteiger partial charge in [0.1, 0.15) is 6.04 Å². The summed E-state index contributed by atoms with van der Waals surface area (Å²) >= 11 is 6.07. The number of carbonyl (C=O) groups excluding carboxylic acids is 1. The zero-order valence-corrected chi connectivity index (χ0v) is 13.1. The number of carbonyl (C=O) groups is 2. The molecule has 1 rings (SSSR count). The number of carboxylic acid groups (broad SMARTS) is 1. The van der Waals surface area contributed by atoms with E-state index in [9.17, 15) is 9.59 Å². The average Bonchev–Trinajstić information content (AvgIpc) is 2.38. The van der Waals surface area contributed by atoms with Crippen molar-refractivity contribution in [2.24, 2.45) is 5.92 Å². The van der Waals surface area contributed by atoms with E-state index in [1.165, 1.54) is 0 Å². The molecule has 1 aromatic carbocycles. The van der Waals surface area contributed by atoms with E-state index in [0.717, 1.165) is 5.56 Å². The summed E-state index contributed by atoms with van der Waals surface area (Å²) in [5.74, 6) is -1.33. The summed E-state index contributed by atoms with van der Waals surface area (Å²) in [4.78, 5) is 22.9. The first kappa shape index (κ1) is 17.5. The number of carboxylic acids is 1. The van der Waals surface area contributed by atoms with E-state index in [0.29, 0.717) is 5.02 Å². The van der Waals surface area contributed by atoms with Crippen molar-refractivity contribution in [3.05, 3.63) is 34.9 Å². The van der Waals surface area contributed by atoms with Crippen LogP contribution in [0.2, 0.25) is 5.02 Å². The van der Waals surface area contributed by atoms with Gasteiger partial charge in [0.25, 0.3) is 0 Å². The lowest BCUT2D eigenvalue weighted by Gasteiger charge is -2.19. The Morgan fingerprint density at radius 2 is 1.86 bits per heavy atom. The highest BCUT2D eigenvalue weighted by Gasteiger charge is 2.22. The molecule has 0 spiro atoms. The predicted octanol–water partition coefficient (Wildman–Crippen LogP) is 2.22. The quantitative estimate of drug-likeness (QED) is 0.721. The molecule has 2 atom stereocenters. The topological polar surface area (TPSA) is 78.4 Å². The lowest BCUT2D eigenvalue weighted by atomic mass is 10.0. The minimum atomic E-state index is -0.961. The molecule has 21 heavy (non-hydrogen) atoms. The maximum Gasteiger partial charge on any atom is 0.320 e. The van der Waals surface area contributed by atoms with E-state index >= 15 is 0 Å². The first-order valence-corrected chi connectivity index (χ1v) is 7.20. The molecule has 0 bridgehead atoms. The van der Waals surface area contributed by atoms with Gasteiger partial charge in [-0.2, -0.15) is 0 Å². The van der Waals surface area contributed by atoms with Crippen molar-refractivity contribution < 1.29 is 14.7 Å². The molecular formula is C15H21ClN2O3. The van der Waals surface area contributed by atoms with Crippen molar-refractivity contribution in [1.82, 2.24) is 10.6 Å². The van der Waals surface area contributed by atoms with E-state index in [2.05, 4.69) is 10.6 Å². The summed E-state index contributed by atoms with van der Waals surface area (Å²) in [6, 6.07) is 6.29. The maximum atomic E-state index is 11.9. The molecule has 2 unspecified atom stereocenters. The minimum Gasteiger partial charge on any atom is -0.480 e. The van der Waals surface area contributed by atoms with Crippen molar-refractivity contribution in [3.63, 3.8) is 0 Å². The molecule has 116 valence electrons. The van der Waals surface area contributed by atoms with Gasteiger partial charge in [-0.1, -0.05) is 43.6 Å². The molecule has 0 saturated carbocycles. The lowest BCUT2D eigenvalue weighted by molar-refractivity contribution is -0.140. The Hall–Kier alpha value is -1.59. The average molecular weight is 313 g/mol. The summed E-state index contributed by atoms with van der Waals surface area (Å²) in [6.45, 7) is 5.35. The molecular weight excluding hydrogens is 292 g/mol. The normalized spacial score (nSPS) is 13.8. The summed E-state index contributed by atoms with van der Waals surface area (Å²) in [5.41, 5.74) is 0.825. The Kier molecular flexibility index (Phi) is 6.65.